The van der Waals surface area contributed by atoms with Gasteiger partial charge in [0.1, 0.15) is 16.3 Å². The number of aromatic nitrogens is 2. The molecule has 3 rings (SSSR count). The van der Waals surface area contributed by atoms with Gasteiger partial charge in [-0.15, -0.1) is 11.8 Å². The predicted molar refractivity (Wildman–Crippen MR) is 108 cm³/mol. The Bertz CT molecular complexity index is 1060. The minimum Gasteiger partial charge on any atom is -0.461 e. The number of hydrogen-bond donors (Lipinski definition) is 1. The van der Waals surface area contributed by atoms with Gasteiger partial charge in [0.2, 0.25) is 0 Å². The molecule has 0 fully saturated rings. The van der Waals surface area contributed by atoms with E-state index in [1.54, 1.807) is 25.3 Å². The highest BCUT2D eigenvalue weighted by atomic mass is 32.2. The van der Waals surface area contributed by atoms with Crippen molar-refractivity contribution in [3.8, 4) is 17.3 Å². The van der Waals surface area contributed by atoms with Gasteiger partial charge in [-0.25, -0.2) is 14.8 Å². The molecule has 1 aromatic carbocycles. The Kier molecular flexibility index (Phi) is 7.19. The molecule has 0 saturated carbocycles. The van der Waals surface area contributed by atoms with E-state index < -0.39 is 25.1 Å². The lowest BCUT2D eigenvalue weighted by Gasteiger charge is -2.11. The van der Waals surface area contributed by atoms with E-state index in [9.17, 15) is 18.4 Å². The molecule has 0 bridgehead atoms. The van der Waals surface area contributed by atoms with Crippen molar-refractivity contribution in [3.63, 3.8) is 0 Å². The second-order valence-corrected chi connectivity index (χ2v) is 6.82. The van der Waals surface area contributed by atoms with Gasteiger partial charge in [0.05, 0.1) is 12.0 Å². The van der Waals surface area contributed by atoms with Crippen LogP contribution in [0.25, 0.3) is 11.6 Å². The summed E-state index contributed by atoms with van der Waals surface area (Å²) in [5.41, 5.74) is 0.865. The number of halogens is 2. The summed E-state index contributed by atoms with van der Waals surface area (Å²) in [4.78, 5) is 33.2. The summed E-state index contributed by atoms with van der Waals surface area (Å²) in [5, 5.41) is 2.88. The minimum absolute atomic E-state index is 0.0440. The van der Waals surface area contributed by atoms with E-state index in [1.807, 2.05) is 0 Å². The van der Waals surface area contributed by atoms with Crippen molar-refractivity contribution >= 4 is 29.3 Å². The lowest BCUT2D eigenvalue weighted by molar-refractivity contribution is -0.119. The van der Waals surface area contributed by atoms with Crippen LogP contribution < -0.4 is 10.1 Å². The first-order valence-corrected chi connectivity index (χ1v) is 10.1. The zero-order chi connectivity index (χ0) is 22.4. The smallest absolute Gasteiger partial charge is 0.387 e. The molecule has 2 heterocycles. The van der Waals surface area contributed by atoms with E-state index in [-0.39, 0.29) is 11.3 Å². The molecule has 0 aliphatic heterocycles. The SMILES string of the molecule is CSc1nc(-c2ccco2)nc(C)c1C(=O)OCC(=O)Nc1ccc(OC(F)F)cc1. The Morgan fingerprint density at radius 3 is 2.55 bits per heavy atom. The predicted octanol–water partition coefficient (Wildman–Crippen LogP) is 4.16. The second-order valence-electron chi connectivity index (χ2n) is 6.02. The maximum absolute atomic E-state index is 12.5. The minimum atomic E-state index is -2.94. The number of carbonyl (C=O) groups excluding carboxylic acids is 2. The summed E-state index contributed by atoms with van der Waals surface area (Å²) in [6.45, 7) is -1.86. The van der Waals surface area contributed by atoms with Crippen molar-refractivity contribution in [2.24, 2.45) is 0 Å². The van der Waals surface area contributed by atoms with Crippen LogP contribution in [0.15, 0.2) is 52.1 Å². The summed E-state index contributed by atoms with van der Waals surface area (Å²) in [5.74, 6) is -0.600. The molecule has 0 aliphatic carbocycles. The van der Waals surface area contributed by atoms with Crippen LogP contribution in [0, 0.1) is 6.92 Å². The fourth-order valence-corrected chi connectivity index (χ4v) is 3.18. The average molecular weight is 449 g/mol. The molecule has 0 radical (unpaired) electrons. The van der Waals surface area contributed by atoms with E-state index in [1.165, 1.54) is 42.3 Å². The van der Waals surface area contributed by atoms with E-state index in [0.717, 1.165) is 0 Å². The molecule has 0 unspecified atom stereocenters. The summed E-state index contributed by atoms with van der Waals surface area (Å²) >= 11 is 1.23. The number of rotatable bonds is 8. The fraction of sp³-hybridized carbons (Fsp3) is 0.200. The summed E-state index contributed by atoms with van der Waals surface area (Å²) in [6, 6.07) is 8.73. The van der Waals surface area contributed by atoms with E-state index in [0.29, 0.717) is 28.0 Å². The highest BCUT2D eigenvalue weighted by Crippen LogP contribution is 2.25. The first kappa shape index (κ1) is 22.2. The van der Waals surface area contributed by atoms with E-state index in [2.05, 4.69) is 20.0 Å². The van der Waals surface area contributed by atoms with Crippen molar-refractivity contribution in [1.29, 1.82) is 0 Å². The average Bonchev–Trinajstić information content (AvgIpc) is 3.27. The van der Waals surface area contributed by atoms with Gasteiger partial charge in [-0.3, -0.25) is 4.79 Å². The number of aryl methyl sites for hydroxylation is 1. The van der Waals surface area contributed by atoms with Gasteiger partial charge in [-0.1, -0.05) is 0 Å². The highest BCUT2D eigenvalue weighted by molar-refractivity contribution is 7.98. The third-order valence-electron chi connectivity index (χ3n) is 3.89. The number of anilines is 1. The quantitative estimate of drug-likeness (QED) is 0.311. The van der Waals surface area contributed by atoms with Crippen LogP contribution in [0.3, 0.4) is 0 Å². The number of nitrogens with one attached hydrogen (secondary N) is 1. The van der Waals surface area contributed by atoms with Crippen LogP contribution in [0.2, 0.25) is 0 Å². The number of thioether (sulfide) groups is 1. The van der Waals surface area contributed by atoms with Crippen molar-refractivity contribution in [2.45, 2.75) is 18.6 Å². The van der Waals surface area contributed by atoms with Crippen molar-refractivity contribution < 1.29 is 32.3 Å². The Morgan fingerprint density at radius 2 is 1.94 bits per heavy atom. The molecular weight excluding hydrogens is 432 g/mol. The number of alkyl halides is 2. The van der Waals surface area contributed by atoms with Crippen molar-refractivity contribution in [3.05, 3.63) is 53.9 Å². The molecule has 2 aromatic heterocycles. The van der Waals surface area contributed by atoms with Gasteiger partial charge in [-0.05, 0) is 49.6 Å². The van der Waals surface area contributed by atoms with Crippen LogP contribution in [0.4, 0.5) is 14.5 Å². The molecule has 11 heteroatoms. The maximum atomic E-state index is 12.5. The van der Waals surface area contributed by atoms with E-state index in [4.69, 9.17) is 9.15 Å². The van der Waals surface area contributed by atoms with Crippen LogP contribution in [0.1, 0.15) is 16.1 Å². The zero-order valence-electron chi connectivity index (χ0n) is 16.4. The Hall–Kier alpha value is -3.47. The van der Waals surface area contributed by atoms with Gasteiger partial charge >= 0.3 is 12.6 Å². The molecule has 0 saturated heterocycles. The van der Waals surface area contributed by atoms with Crippen LogP contribution in [-0.2, 0) is 9.53 Å². The molecule has 31 heavy (non-hydrogen) atoms. The van der Waals surface area contributed by atoms with Crippen LogP contribution in [0.5, 0.6) is 5.75 Å². The third-order valence-corrected chi connectivity index (χ3v) is 4.58. The van der Waals surface area contributed by atoms with Gasteiger partial charge in [-0.2, -0.15) is 8.78 Å². The summed E-state index contributed by atoms with van der Waals surface area (Å²) in [7, 11) is 0. The third kappa shape index (κ3) is 5.79. The molecule has 3 aromatic rings. The largest absolute Gasteiger partial charge is 0.461 e. The van der Waals surface area contributed by atoms with Crippen molar-refractivity contribution in [2.75, 3.05) is 18.2 Å². The number of esters is 1. The standard InChI is InChI=1S/C20H17F2N3O5S/c1-11-16(18(31-2)25-17(23-11)14-4-3-9-28-14)19(27)29-10-15(26)24-12-5-7-13(8-6-12)30-20(21)22/h3-9,20H,10H2,1-2H3,(H,24,26). The lowest BCUT2D eigenvalue weighted by Crippen LogP contribution is -2.22. The number of hydrogen-bond acceptors (Lipinski definition) is 8. The Labute approximate surface area is 180 Å². The number of nitrogens with zero attached hydrogens (tertiary/aromatic N) is 2. The van der Waals surface area contributed by atoms with Gasteiger partial charge in [0.25, 0.3) is 5.91 Å². The van der Waals surface area contributed by atoms with Crippen molar-refractivity contribution in [1.82, 2.24) is 9.97 Å². The maximum Gasteiger partial charge on any atom is 0.387 e. The first-order chi connectivity index (χ1) is 14.9. The molecule has 1 amide bonds. The van der Waals surface area contributed by atoms with E-state index >= 15 is 0 Å². The Balaban J connectivity index is 1.63. The van der Waals surface area contributed by atoms with Crippen LogP contribution in [-0.4, -0.2) is 41.3 Å². The first-order valence-electron chi connectivity index (χ1n) is 8.85. The Morgan fingerprint density at radius 1 is 1.19 bits per heavy atom. The second kappa shape index (κ2) is 10.0. The molecular formula is C20H17F2N3O5S. The molecule has 1 N–H and O–H groups in total. The number of ether oxygens (including phenoxy) is 2. The number of carbonyl (C=O) groups is 2. The summed E-state index contributed by atoms with van der Waals surface area (Å²) < 4.78 is 39.0. The fourth-order valence-electron chi connectivity index (χ4n) is 2.57. The van der Waals surface area contributed by atoms with Crippen LogP contribution >= 0.6 is 11.8 Å². The number of furan rings is 1. The molecule has 0 atom stereocenters. The van der Waals surface area contributed by atoms with Gasteiger partial charge < -0.3 is 19.2 Å². The highest BCUT2D eigenvalue weighted by Gasteiger charge is 2.22. The molecule has 162 valence electrons. The normalized spacial score (nSPS) is 10.7. The topological polar surface area (TPSA) is 104 Å². The monoisotopic (exact) mass is 449 g/mol. The zero-order valence-corrected chi connectivity index (χ0v) is 17.2. The van der Waals surface area contributed by atoms with Gasteiger partial charge in [0.15, 0.2) is 18.2 Å². The lowest BCUT2D eigenvalue weighted by atomic mass is 10.2. The molecule has 0 spiro atoms. The molecule has 8 nitrogen and oxygen atoms in total. The number of benzene rings is 1. The molecule has 0 aliphatic rings. The summed E-state index contributed by atoms with van der Waals surface area (Å²) in [6.07, 6.45) is 3.24. The number of amides is 1. The van der Waals surface area contributed by atoms with Gasteiger partial charge in [0, 0.05) is 5.69 Å².